The number of ketones is 3. The number of hydrogen-bond donors (Lipinski definition) is 2. The zero-order valence-corrected chi connectivity index (χ0v) is 32.6. The summed E-state index contributed by atoms with van der Waals surface area (Å²) in [6.45, 7) is 6.93. The number of nitrogens with zero attached hydrogens (tertiary/aromatic N) is 2. The first-order valence-corrected chi connectivity index (χ1v) is 18.4. The van der Waals surface area contributed by atoms with Gasteiger partial charge in [0.05, 0.1) is 66.1 Å². The van der Waals surface area contributed by atoms with Crippen LogP contribution in [0.25, 0.3) is 0 Å². The van der Waals surface area contributed by atoms with Gasteiger partial charge in [0, 0.05) is 96.2 Å². The highest BCUT2D eigenvalue weighted by Crippen LogP contribution is 2.07. The summed E-state index contributed by atoms with van der Waals surface area (Å²) in [7, 11) is 3.08. The van der Waals surface area contributed by atoms with Crippen LogP contribution in [-0.4, -0.2) is 163 Å². The molecule has 2 aliphatic heterocycles. The molecule has 18 nitrogen and oxygen atoms in total. The van der Waals surface area contributed by atoms with E-state index in [0.717, 1.165) is 9.80 Å². The molecule has 0 aromatic heterocycles. The summed E-state index contributed by atoms with van der Waals surface area (Å²) in [5.74, 6) is -1.42. The Morgan fingerprint density at radius 1 is 0.491 bits per heavy atom. The highest BCUT2D eigenvalue weighted by atomic mass is 16.5. The summed E-state index contributed by atoms with van der Waals surface area (Å²) in [5, 5.41) is 2.51. The van der Waals surface area contributed by atoms with Crippen molar-refractivity contribution in [3.63, 3.8) is 0 Å². The van der Waals surface area contributed by atoms with Crippen molar-refractivity contribution >= 4 is 46.9 Å². The van der Waals surface area contributed by atoms with Gasteiger partial charge in [-0.2, -0.15) is 0 Å². The molecular formula is C37H60N4O14. The molecule has 5 amide bonds. The molecule has 2 rings (SSSR count). The highest BCUT2D eigenvalue weighted by molar-refractivity contribution is 6.13. The molecule has 2 heterocycles. The van der Waals surface area contributed by atoms with Crippen LogP contribution in [0.1, 0.15) is 58.3 Å². The average molecular weight is 785 g/mol. The van der Waals surface area contributed by atoms with Gasteiger partial charge in [0.15, 0.2) is 0 Å². The number of hydrogen-bond acceptors (Lipinski definition) is 15. The van der Waals surface area contributed by atoms with Crippen LogP contribution >= 0.6 is 0 Å². The van der Waals surface area contributed by atoms with Crippen LogP contribution in [-0.2, 0) is 66.8 Å². The largest absolute Gasteiger partial charge is 0.379 e. The second-order valence-corrected chi connectivity index (χ2v) is 11.7. The number of Topliss-reactive ketones (excluding diaryl/α,β-unsaturated/α-hetero) is 3. The molecule has 0 unspecified atom stereocenters. The Morgan fingerprint density at radius 3 is 1.13 bits per heavy atom. The van der Waals surface area contributed by atoms with Crippen LogP contribution in [0.5, 0.6) is 0 Å². The van der Waals surface area contributed by atoms with Crippen molar-refractivity contribution in [3.05, 3.63) is 24.3 Å². The van der Waals surface area contributed by atoms with E-state index in [1.54, 1.807) is 7.05 Å². The van der Waals surface area contributed by atoms with Gasteiger partial charge >= 0.3 is 0 Å². The Balaban J connectivity index is 0.00000102. The fourth-order valence-electron chi connectivity index (χ4n) is 4.36. The summed E-state index contributed by atoms with van der Waals surface area (Å²) in [5.41, 5.74) is 4.50. The third-order valence-electron chi connectivity index (χ3n) is 7.36. The maximum atomic E-state index is 11.7. The minimum absolute atomic E-state index is 0.0000552. The first-order chi connectivity index (χ1) is 26.5. The molecule has 0 bridgehead atoms. The Labute approximate surface area is 323 Å². The molecule has 0 saturated carbocycles. The van der Waals surface area contributed by atoms with Crippen molar-refractivity contribution in [1.82, 2.24) is 15.1 Å². The molecule has 0 aromatic rings. The molecule has 0 aliphatic carbocycles. The molecule has 0 radical (unpaired) electrons. The molecule has 0 aromatic carbocycles. The number of nitrogens with one attached hydrogen (secondary N) is 1. The third kappa shape index (κ3) is 28.1. The van der Waals surface area contributed by atoms with Crippen molar-refractivity contribution in [3.8, 4) is 0 Å². The van der Waals surface area contributed by atoms with Crippen molar-refractivity contribution in [1.29, 1.82) is 0 Å². The van der Waals surface area contributed by atoms with Crippen LogP contribution < -0.4 is 11.1 Å². The van der Waals surface area contributed by atoms with Gasteiger partial charge in [-0.15, -0.1) is 0 Å². The lowest BCUT2D eigenvalue weighted by Gasteiger charge is -2.12. The molecule has 18 heteroatoms. The topological polar surface area (TPSA) is 236 Å². The first kappa shape index (κ1) is 51.0. The van der Waals surface area contributed by atoms with Crippen molar-refractivity contribution in [2.45, 2.75) is 58.3 Å². The molecule has 0 saturated heterocycles. The lowest BCUT2D eigenvalue weighted by atomic mass is 10.1. The Kier molecular flexibility index (Phi) is 31.9. The van der Waals surface area contributed by atoms with Gasteiger partial charge < -0.3 is 39.5 Å². The lowest BCUT2D eigenvalue weighted by Crippen LogP contribution is -2.32. The number of carbonyl (C=O) groups excluding carboxylic acids is 8. The number of nitrogens with two attached hydrogens (primary N) is 1. The molecule has 3 N–H and O–H groups in total. The van der Waals surface area contributed by atoms with Crippen LogP contribution in [0.4, 0.5) is 0 Å². The molecular weight excluding hydrogens is 724 g/mol. The minimum Gasteiger partial charge on any atom is -0.379 e. The standard InChI is InChI=1S/C18H28N2O7.C18H27NO7.CH5N/c1-19-16(22)7-10-26-12-14-27-13-11-25-9-2-3-15(21)6-8-20-17(23)4-5-18(20)24;1-15(20)7-10-25-12-14-26-13-11-24-9-2-3-16(21)6-8-19-17(22)4-5-18(19)23;1-2/h4-5H,2-3,6-14H2,1H3,(H,19,22);4-5H,2-3,6-14H2,1H3;2H2,1H3. The fraction of sp³-hybridized carbons (Fsp3) is 0.676. The Morgan fingerprint density at radius 2 is 0.800 bits per heavy atom. The van der Waals surface area contributed by atoms with E-state index < -0.39 is 0 Å². The van der Waals surface area contributed by atoms with Crippen LogP contribution in [0, 0.1) is 0 Å². The van der Waals surface area contributed by atoms with Gasteiger partial charge in [0.25, 0.3) is 23.6 Å². The monoisotopic (exact) mass is 784 g/mol. The number of amides is 5. The van der Waals surface area contributed by atoms with E-state index in [4.69, 9.17) is 28.4 Å². The normalized spacial score (nSPS) is 13.2. The summed E-state index contributed by atoms with van der Waals surface area (Å²) in [4.78, 5) is 92.6. The zero-order chi connectivity index (χ0) is 41.1. The predicted molar refractivity (Wildman–Crippen MR) is 198 cm³/mol. The number of imide groups is 2. The minimum atomic E-state index is -0.368. The average Bonchev–Trinajstić information content (AvgIpc) is 3.68. The van der Waals surface area contributed by atoms with Crippen LogP contribution in [0.15, 0.2) is 24.3 Å². The summed E-state index contributed by atoms with van der Waals surface area (Å²) in [6.07, 6.45) is 7.81. The fourth-order valence-corrected chi connectivity index (χ4v) is 4.36. The summed E-state index contributed by atoms with van der Waals surface area (Å²) in [6, 6.07) is 0. The van der Waals surface area contributed by atoms with Gasteiger partial charge in [-0.25, -0.2) is 0 Å². The van der Waals surface area contributed by atoms with E-state index in [0.29, 0.717) is 118 Å². The number of rotatable bonds is 32. The maximum absolute atomic E-state index is 11.7. The van der Waals surface area contributed by atoms with E-state index >= 15 is 0 Å². The second-order valence-electron chi connectivity index (χ2n) is 11.7. The van der Waals surface area contributed by atoms with Gasteiger partial charge in [-0.05, 0) is 26.8 Å². The van der Waals surface area contributed by atoms with Gasteiger partial charge in [0.2, 0.25) is 5.91 Å². The Hall–Kier alpha value is -4.04. The van der Waals surface area contributed by atoms with Gasteiger partial charge in [-0.1, -0.05) is 0 Å². The number of carbonyl (C=O) groups is 8. The molecule has 2 aliphatic rings. The first-order valence-electron chi connectivity index (χ1n) is 18.4. The van der Waals surface area contributed by atoms with E-state index in [-0.39, 0.29) is 72.8 Å². The maximum Gasteiger partial charge on any atom is 0.253 e. The molecule has 0 spiro atoms. The third-order valence-corrected chi connectivity index (χ3v) is 7.36. The summed E-state index contributed by atoms with van der Waals surface area (Å²) < 4.78 is 31.8. The van der Waals surface area contributed by atoms with Crippen LogP contribution in [0.2, 0.25) is 0 Å². The molecule has 0 atom stereocenters. The van der Waals surface area contributed by atoms with Crippen molar-refractivity contribution in [2.24, 2.45) is 5.73 Å². The second kappa shape index (κ2) is 34.5. The highest BCUT2D eigenvalue weighted by Gasteiger charge is 2.24. The zero-order valence-electron chi connectivity index (χ0n) is 32.6. The SMILES string of the molecule is CC(=O)CCOCCOCCOCCCC(=O)CCN1C(=O)C=CC1=O.CN.CNC(=O)CCOCCOCCOCCCC(=O)CCN1C(=O)C=CC1=O. The predicted octanol–water partition coefficient (Wildman–Crippen LogP) is 0.0913. The van der Waals surface area contributed by atoms with Crippen molar-refractivity contribution in [2.75, 3.05) is 106 Å². The van der Waals surface area contributed by atoms with Gasteiger partial charge in [0.1, 0.15) is 17.3 Å². The summed E-state index contributed by atoms with van der Waals surface area (Å²) >= 11 is 0. The molecule has 312 valence electrons. The molecule has 0 fully saturated rings. The van der Waals surface area contributed by atoms with E-state index in [2.05, 4.69) is 11.1 Å². The van der Waals surface area contributed by atoms with E-state index in [1.165, 1.54) is 38.3 Å². The van der Waals surface area contributed by atoms with Crippen molar-refractivity contribution < 1.29 is 66.8 Å². The Bertz CT molecular complexity index is 1200. The number of ether oxygens (including phenoxy) is 6. The van der Waals surface area contributed by atoms with Crippen LogP contribution in [0.3, 0.4) is 0 Å². The van der Waals surface area contributed by atoms with E-state index in [9.17, 15) is 38.4 Å². The van der Waals surface area contributed by atoms with Gasteiger partial charge in [-0.3, -0.25) is 48.2 Å². The van der Waals surface area contributed by atoms with E-state index in [1.807, 2.05) is 0 Å². The molecule has 55 heavy (non-hydrogen) atoms. The lowest BCUT2D eigenvalue weighted by molar-refractivity contribution is -0.139. The smallest absolute Gasteiger partial charge is 0.253 e. The quantitative estimate of drug-likeness (QED) is 0.0680.